The van der Waals surface area contributed by atoms with Crippen molar-refractivity contribution in [3.8, 4) is 0 Å². The molecule has 3 heterocycles. The summed E-state index contributed by atoms with van der Waals surface area (Å²) in [5.41, 5.74) is 4.05. The van der Waals surface area contributed by atoms with E-state index in [2.05, 4.69) is 87.2 Å². The molecule has 1 aromatic heterocycles. The molecule has 0 amide bonds. The average Bonchev–Trinajstić information content (AvgIpc) is 3.23. The summed E-state index contributed by atoms with van der Waals surface area (Å²) in [5.74, 6) is 0.532. The third kappa shape index (κ3) is 5.71. The van der Waals surface area contributed by atoms with Crippen LogP contribution in [0.5, 0.6) is 0 Å². The highest BCUT2D eigenvalue weighted by molar-refractivity contribution is 7.79. The Hall–Kier alpha value is -1.77. The summed E-state index contributed by atoms with van der Waals surface area (Å²) in [5, 5.41) is 0. The standard InChI is InChI=1S/C27H34N4S3/c1-22-26(33-34-27(22)32)23(20-28-12-16-30(17-13-28)24-8-4-2-5-9-24)21-29-14-18-31(19-15-29)25-10-6-3-7-11-25/h2-11,23H,12-21H2,1H3. The fourth-order valence-corrected chi connectivity index (χ4v) is 8.30. The van der Waals surface area contributed by atoms with E-state index in [1.54, 1.807) is 10.3 Å². The molecule has 0 bridgehead atoms. The van der Waals surface area contributed by atoms with Gasteiger partial charge in [-0.2, -0.15) is 0 Å². The summed E-state index contributed by atoms with van der Waals surface area (Å²) in [6, 6.07) is 21.7. The van der Waals surface area contributed by atoms with E-state index >= 15 is 0 Å². The van der Waals surface area contributed by atoms with Gasteiger partial charge in [0, 0.05) is 87.6 Å². The first-order valence-corrected chi connectivity index (χ1v) is 14.9. The van der Waals surface area contributed by atoms with Crippen LogP contribution in [0.4, 0.5) is 11.4 Å². The molecule has 3 aromatic rings. The first-order valence-electron chi connectivity index (χ1n) is 12.3. The van der Waals surface area contributed by atoms with Crippen LogP contribution < -0.4 is 9.80 Å². The minimum absolute atomic E-state index is 0.532. The van der Waals surface area contributed by atoms with Crippen molar-refractivity contribution in [2.45, 2.75) is 12.8 Å². The van der Waals surface area contributed by atoms with Crippen LogP contribution in [-0.4, -0.2) is 75.2 Å². The maximum Gasteiger partial charge on any atom is 0.105 e. The molecule has 0 radical (unpaired) electrons. The number of benzene rings is 2. The van der Waals surface area contributed by atoms with Crippen molar-refractivity contribution < 1.29 is 0 Å². The number of piperazine rings is 2. The molecule has 0 saturated carbocycles. The molecular formula is C27H34N4S3. The molecule has 0 atom stereocenters. The van der Waals surface area contributed by atoms with Crippen molar-refractivity contribution in [2.24, 2.45) is 0 Å². The summed E-state index contributed by atoms with van der Waals surface area (Å²) in [7, 11) is 3.70. The number of nitrogens with zero attached hydrogens (tertiary/aromatic N) is 4. The normalized spacial score (nSPS) is 18.1. The first-order chi connectivity index (χ1) is 16.7. The van der Waals surface area contributed by atoms with Crippen LogP contribution in [-0.2, 0) is 0 Å². The predicted molar refractivity (Wildman–Crippen MR) is 151 cm³/mol. The molecule has 180 valence electrons. The lowest BCUT2D eigenvalue weighted by molar-refractivity contribution is 0.195. The molecule has 2 aromatic carbocycles. The number of para-hydroxylation sites is 2. The monoisotopic (exact) mass is 510 g/mol. The second-order valence-corrected chi connectivity index (χ2v) is 12.2. The molecule has 2 saturated heterocycles. The summed E-state index contributed by atoms with van der Waals surface area (Å²) >= 11 is 5.63. The largest absolute Gasteiger partial charge is 0.369 e. The van der Waals surface area contributed by atoms with Crippen molar-refractivity contribution in [3.05, 3.63) is 74.9 Å². The van der Waals surface area contributed by atoms with Crippen molar-refractivity contribution >= 4 is 44.3 Å². The second-order valence-electron chi connectivity index (χ2n) is 9.39. The van der Waals surface area contributed by atoms with E-state index in [1.165, 1.54) is 21.8 Å². The Kier molecular flexibility index (Phi) is 7.97. The van der Waals surface area contributed by atoms with E-state index < -0.39 is 0 Å². The summed E-state index contributed by atoms with van der Waals surface area (Å²) in [6.45, 7) is 13.4. The van der Waals surface area contributed by atoms with Gasteiger partial charge in [0.05, 0.1) is 0 Å². The summed E-state index contributed by atoms with van der Waals surface area (Å²) < 4.78 is 1.08. The highest BCUT2D eigenvalue weighted by Crippen LogP contribution is 2.33. The lowest BCUT2D eigenvalue weighted by Crippen LogP contribution is -2.50. The quantitative estimate of drug-likeness (QED) is 0.303. The van der Waals surface area contributed by atoms with Gasteiger partial charge in [-0.05, 0) is 36.8 Å². The van der Waals surface area contributed by atoms with Crippen molar-refractivity contribution in [2.75, 3.05) is 75.2 Å². The van der Waals surface area contributed by atoms with Gasteiger partial charge >= 0.3 is 0 Å². The van der Waals surface area contributed by atoms with Gasteiger partial charge in [0.25, 0.3) is 0 Å². The highest BCUT2D eigenvalue weighted by atomic mass is 32.9. The number of hydrogen-bond donors (Lipinski definition) is 0. The maximum absolute atomic E-state index is 5.63. The number of hydrogen-bond acceptors (Lipinski definition) is 7. The van der Waals surface area contributed by atoms with Crippen LogP contribution in [0.25, 0.3) is 0 Å². The molecule has 4 nitrogen and oxygen atoms in total. The fourth-order valence-electron chi connectivity index (χ4n) is 5.18. The van der Waals surface area contributed by atoms with Gasteiger partial charge in [-0.15, -0.1) is 0 Å². The highest BCUT2D eigenvalue weighted by Gasteiger charge is 2.27. The molecule has 7 heteroatoms. The predicted octanol–water partition coefficient (Wildman–Crippen LogP) is 5.58. The van der Waals surface area contributed by atoms with Crippen molar-refractivity contribution in [1.29, 1.82) is 0 Å². The van der Waals surface area contributed by atoms with Gasteiger partial charge in [-0.25, -0.2) is 0 Å². The zero-order chi connectivity index (χ0) is 23.3. The van der Waals surface area contributed by atoms with E-state index in [-0.39, 0.29) is 0 Å². The Morgan fingerprint density at radius 2 is 1.12 bits per heavy atom. The molecule has 0 N–H and O–H groups in total. The Morgan fingerprint density at radius 3 is 1.50 bits per heavy atom. The lowest BCUT2D eigenvalue weighted by Gasteiger charge is -2.40. The Morgan fingerprint density at radius 1 is 0.676 bits per heavy atom. The maximum atomic E-state index is 5.63. The van der Waals surface area contributed by atoms with Gasteiger partial charge in [0.15, 0.2) is 0 Å². The lowest BCUT2D eigenvalue weighted by atomic mass is 10.0. The second kappa shape index (κ2) is 11.3. The van der Waals surface area contributed by atoms with Crippen LogP contribution in [0.15, 0.2) is 60.7 Å². The van der Waals surface area contributed by atoms with Crippen LogP contribution in [0.1, 0.15) is 16.4 Å². The van der Waals surface area contributed by atoms with E-state index in [1.807, 2.05) is 10.3 Å². The Labute approximate surface area is 216 Å². The Bertz CT molecular complexity index is 1020. The molecule has 34 heavy (non-hydrogen) atoms. The SMILES string of the molecule is Cc1c(C(CN2CCN(c3ccccc3)CC2)CN2CCN(c3ccccc3)CC2)ssc1=S. The van der Waals surface area contributed by atoms with E-state index in [0.717, 1.165) is 69.3 Å². The average molecular weight is 511 g/mol. The van der Waals surface area contributed by atoms with E-state index in [4.69, 9.17) is 12.2 Å². The third-order valence-corrected chi connectivity index (χ3v) is 10.7. The van der Waals surface area contributed by atoms with Crippen molar-refractivity contribution in [3.63, 3.8) is 0 Å². The molecular weight excluding hydrogens is 477 g/mol. The molecule has 2 aliphatic heterocycles. The van der Waals surface area contributed by atoms with Crippen LogP contribution in [0.3, 0.4) is 0 Å². The van der Waals surface area contributed by atoms with Crippen LogP contribution in [0.2, 0.25) is 0 Å². The van der Waals surface area contributed by atoms with E-state index in [0.29, 0.717) is 5.92 Å². The number of rotatable bonds is 7. The molecule has 2 aliphatic rings. The van der Waals surface area contributed by atoms with Gasteiger partial charge in [-0.1, -0.05) is 69.3 Å². The molecule has 5 rings (SSSR count). The minimum atomic E-state index is 0.532. The topological polar surface area (TPSA) is 13.0 Å². The van der Waals surface area contributed by atoms with Crippen molar-refractivity contribution in [1.82, 2.24) is 9.80 Å². The Balaban J connectivity index is 1.21. The molecule has 0 unspecified atom stereocenters. The molecule has 0 spiro atoms. The molecule has 2 fully saturated rings. The fraction of sp³-hybridized carbons (Fsp3) is 0.444. The first kappa shape index (κ1) is 23.9. The molecule has 0 aliphatic carbocycles. The van der Waals surface area contributed by atoms with Gasteiger partial charge in [0.1, 0.15) is 3.82 Å². The van der Waals surface area contributed by atoms with Gasteiger partial charge in [-0.3, -0.25) is 9.80 Å². The van der Waals surface area contributed by atoms with Crippen LogP contribution in [0, 0.1) is 10.7 Å². The van der Waals surface area contributed by atoms with E-state index in [9.17, 15) is 0 Å². The smallest absolute Gasteiger partial charge is 0.105 e. The van der Waals surface area contributed by atoms with Gasteiger partial charge < -0.3 is 9.80 Å². The summed E-state index contributed by atoms with van der Waals surface area (Å²) in [4.78, 5) is 11.9. The zero-order valence-electron chi connectivity index (χ0n) is 19.9. The number of anilines is 2. The zero-order valence-corrected chi connectivity index (χ0v) is 22.4. The minimum Gasteiger partial charge on any atom is -0.369 e. The van der Waals surface area contributed by atoms with Crippen LogP contribution >= 0.6 is 32.9 Å². The third-order valence-electron chi connectivity index (χ3n) is 7.20. The van der Waals surface area contributed by atoms with Gasteiger partial charge in [0.2, 0.25) is 0 Å². The summed E-state index contributed by atoms with van der Waals surface area (Å²) in [6.07, 6.45) is 0.